The molecule has 0 fully saturated rings. The van der Waals surface area contributed by atoms with Gasteiger partial charge in [0.25, 0.3) is 5.91 Å². The first-order valence-corrected chi connectivity index (χ1v) is 10.5. The number of benzene rings is 3. The second-order valence-corrected chi connectivity index (χ2v) is 8.08. The summed E-state index contributed by atoms with van der Waals surface area (Å²) in [6, 6.07) is 27.2. The molecule has 2 N–H and O–H groups in total. The molecule has 0 radical (unpaired) electrons. The Hall–Kier alpha value is -3.01. The molecular formula is C23H18BrN3OS. The molecule has 3 rings (SSSR count). The minimum atomic E-state index is -0.449. The smallest absolute Gasteiger partial charge is 0.267 e. The summed E-state index contributed by atoms with van der Waals surface area (Å²) in [4.78, 5) is 14.6. The molecule has 0 aromatic heterocycles. The highest BCUT2D eigenvalue weighted by Crippen LogP contribution is 2.33. The molecule has 1 amide bonds. The van der Waals surface area contributed by atoms with Crippen molar-refractivity contribution in [2.75, 3.05) is 5.32 Å². The molecule has 0 saturated heterocycles. The van der Waals surface area contributed by atoms with E-state index in [-0.39, 0.29) is 5.57 Å². The lowest BCUT2D eigenvalue weighted by molar-refractivity contribution is -0.112. The molecule has 0 aliphatic rings. The standard InChI is InChI=1S/C23H18BrN3OS/c24-19-8-6-7-17(13-19)15-26-16-18(14-25)23(28)27-21-11-4-5-12-22(21)29-20-9-2-1-3-10-20/h1-13,16,26H,15H2,(H,27,28)/b18-16-. The summed E-state index contributed by atoms with van der Waals surface area (Å²) in [6.45, 7) is 0.512. The van der Waals surface area contributed by atoms with Crippen molar-refractivity contribution in [3.8, 4) is 6.07 Å². The summed E-state index contributed by atoms with van der Waals surface area (Å²) in [7, 11) is 0. The molecule has 3 aromatic rings. The first-order valence-electron chi connectivity index (χ1n) is 8.87. The monoisotopic (exact) mass is 463 g/mol. The maximum absolute atomic E-state index is 12.6. The topological polar surface area (TPSA) is 64.9 Å². The van der Waals surface area contributed by atoms with Crippen LogP contribution in [0, 0.1) is 11.3 Å². The molecule has 0 unspecified atom stereocenters. The number of nitrogens with one attached hydrogen (secondary N) is 2. The molecule has 0 saturated carbocycles. The molecule has 0 atom stereocenters. The third kappa shape index (κ3) is 6.24. The Morgan fingerprint density at radius 3 is 2.55 bits per heavy atom. The highest BCUT2D eigenvalue weighted by Gasteiger charge is 2.12. The van der Waals surface area contributed by atoms with Gasteiger partial charge in [0.15, 0.2) is 0 Å². The van der Waals surface area contributed by atoms with E-state index in [0.29, 0.717) is 12.2 Å². The van der Waals surface area contributed by atoms with Gasteiger partial charge in [-0.15, -0.1) is 0 Å². The van der Waals surface area contributed by atoms with Gasteiger partial charge in [0.05, 0.1) is 5.69 Å². The van der Waals surface area contributed by atoms with Crippen LogP contribution >= 0.6 is 27.7 Å². The third-order valence-electron chi connectivity index (χ3n) is 3.91. The Balaban J connectivity index is 1.67. The zero-order valence-electron chi connectivity index (χ0n) is 15.4. The Labute approximate surface area is 182 Å². The highest BCUT2D eigenvalue weighted by atomic mass is 79.9. The fourth-order valence-corrected chi connectivity index (χ4v) is 3.90. The Morgan fingerprint density at radius 2 is 1.79 bits per heavy atom. The summed E-state index contributed by atoms with van der Waals surface area (Å²) < 4.78 is 0.978. The number of nitrogens with zero attached hydrogens (tertiary/aromatic N) is 1. The van der Waals surface area contributed by atoms with E-state index in [0.717, 1.165) is 19.8 Å². The van der Waals surface area contributed by atoms with Gasteiger partial charge in [-0.3, -0.25) is 4.79 Å². The van der Waals surface area contributed by atoms with Gasteiger partial charge >= 0.3 is 0 Å². The van der Waals surface area contributed by atoms with Gasteiger partial charge in [-0.1, -0.05) is 70.2 Å². The number of amides is 1. The van der Waals surface area contributed by atoms with E-state index in [9.17, 15) is 10.1 Å². The van der Waals surface area contributed by atoms with Crippen LogP contribution in [0.2, 0.25) is 0 Å². The zero-order chi connectivity index (χ0) is 20.5. The summed E-state index contributed by atoms with van der Waals surface area (Å²) in [6.07, 6.45) is 1.45. The lowest BCUT2D eigenvalue weighted by Gasteiger charge is -2.10. The number of hydrogen-bond donors (Lipinski definition) is 2. The van der Waals surface area contributed by atoms with E-state index in [2.05, 4.69) is 26.6 Å². The Morgan fingerprint density at radius 1 is 1.03 bits per heavy atom. The van der Waals surface area contributed by atoms with Gasteiger partial charge in [-0.25, -0.2) is 0 Å². The number of carbonyl (C=O) groups is 1. The second-order valence-electron chi connectivity index (χ2n) is 6.05. The van der Waals surface area contributed by atoms with Crippen molar-refractivity contribution in [1.82, 2.24) is 5.32 Å². The maximum atomic E-state index is 12.6. The molecule has 144 valence electrons. The average Bonchev–Trinajstić information content (AvgIpc) is 2.73. The van der Waals surface area contributed by atoms with Crippen LogP contribution in [0.25, 0.3) is 0 Å². The number of carbonyl (C=O) groups excluding carboxylic acids is 1. The van der Waals surface area contributed by atoms with Gasteiger partial charge in [0.2, 0.25) is 0 Å². The van der Waals surface area contributed by atoms with E-state index in [1.165, 1.54) is 6.20 Å². The number of anilines is 1. The van der Waals surface area contributed by atoms with Crippen molar-refractivity contribution in [2.45, 2.75) is 16.3 Å². The first-order chi connectivity index (χ1) is 14.2. The van der Waals surface area contributed by atoms with Crippen molar-refractivity contribution in [3.63, 3.8) is 0 Å². The van der Waals surface area contributed by atoms with Crippen LogP contribution in [0.3, 0.4) is 0 Å². The number of halogens is 1. The van der Waals surface area contributed by atoms with Crippen LogP contribution in [0.15, 0.2) is 105 Å². The Kier molecular flexibility index (Phi) is 7.51. The predicted octanol–water partition coefficient (Wildman–Crippen LogP) is 5.74. The van der Waals surface area contributed by atoms with Crippen LogP contribution in [0.1, 0.15) is 5.56 Å². The van der Waals surface area contributed by atoms with Crippen LogP contribution < -0.4 is 10.6 Å². The van der Waals surface area contributed by atoms with Crippen molar-refractivity contribution in [2.24, 2.45) is 0 Å². The lowest BCUT2D eigenvalue weighted by atomic mass is 10.2. The maximum Gasteiger partial charge on any atom is 0.267 e. The van der Waals surface area contributed by atoms with E-state index in [4.69, 9.17) is 0 Å². The zero-order valence-corrected chi connectivity index (χ0v) is 17.8. The van der Waals surface area contributed by atoms with Crippen molar-refractivity contribution in [3.05, 3.63) is 101 Å². The number of para-hydroxylation sites is 1. The molecule has 0 bridgehead atoms. The molecule has 0 heterocycles. The number of nitriles is 1. The van der Waals surface area contributed by atoms with Crippen molar-refractivity contribution >= 4 is 39.3 Å². The fraction of sp³-hybridized carbons (Fsp3) is 0.0435. The molecule has 29 heavy (non-hydrogen) atoms. The van der Waals surface area contributed by atoms with E-state index in [1.54, 1.807) is 11.8 Å². The summed E-state index contributed by atoms with van der Waals surface area (Å²) >= 11 is 4.98. The van der Waals surface area contributed by atoms with Gasteiger partial charge in [0, 0.05) is 27.0 Å². The van der Waals surface area contributed by atoms with Crippen LogP contribution in [0.4, 0.5) is 5.69 Å². The van der Waals surface area contributed by atoms with E-state index < -0.39 is 5.91 Å². The van der Waals surface area contributed by atoms with E-state index >= 15 is 0 Å². The first kappa shape index (κ1) is 20.7. The highest BCUT2D eigenvalue weighted by molar-refractivity contribution is 9.10. The summed E-state index contributed by atoms with van der Waals surface area (Å²) in [5, 5.41) is 15.3. The molecule has 0 spiro atoms. The largest absolute Gasteiger partial charge is 0.386 e. The van der Waals surface area contributed by atoms with Gasteiger partial charge in [-0.2, -0.15) is 5.26 Å². The summed E-state index contributed by atoms with van der Waals surface area (Å²) in [5.74, 6) is -0.449. The number of hydrogen-bond acceptors (Lipinski definition) is 4. The average molecular weight is 464 g/mol. The predicted molar refractivity (Wildman–Crippen MR) is 120 cm³/mol. The van der Waals surface area contributed by atoms with Crippen molar-refractivity contribution in [1.29, 1.82) is 5.26 Å². The van der Waals surface area contributed by atoms with Gasteiger partial charge in [-0.05, 0) is 42.0 Å². The normalized spacial score (nSPS) is 10.8. The molecule has 0 aliphatic carbocycles. The molecule has 0 aliphatic heterocycles. The molecule has 3 aromatic carbocycles. The van der Waals surface area contributed by atoms with Gasteiger partial charge in [0.1, 0.15) is 11.6 Å². The van der Waals surface area contributed by atoms with Crippen LogP contribution in [-0.4, -0.2) is 5.91 Å². The van der Waals surface area contributed by atoms with Crippen molar-refractivity contribution < 1.29 is 4.79 Å². The second kappa shape index (κ2) is 10.5. The quantitative estimate of drug-likeness (QED) is 0.346. The molecule has 4 nitrogen and oxygen atoms in total. The van der Waals surface area contributed by atoms with E-state index in [1.807, 2.05) is 84.9 Å². The Bertz CT molecular complexity index is 1060. The lowest BCUT2D eigenvalue weighted by Crippen LogP contribution is -2.17. The minimum Gasteiger partial charge on any atom is -0.386 e. The minimum absolute atomic E-state index is 0.0134. The van der Waals surface area contributed by atoms with Crippen LogP contribution in [0.5, 0.6) is 0 Å². The third-order valence-corrected chi connectivity index (χ3v) is 5.49. The number of rotatable bonds is 7. The molecule has 6 heteroatoms. The SMILES string of the molecule is N#C/C(=C/NCc1cccc(Br)c1)C(=O)Nc1ccccc1Sc1ccccc1. The summed E-state index contributed by atoms with van der Waals surface area (Å²) in [5.41, 5.74) is 1.72. The van der Waals surface area contributed by atoms with Gasteiger partial charge < -0.3 is 10.6 Å². The fourth-order valence-electron chi connectivity index (χ4n) is 2.53. The molecular weight excluding hydrogens is 446 g/mol. The van der Waals surface area contributed by atoms with Crippen LogP contribution in [-0.2, 0) is 11.3 Å².